The predicted octanol–water partition coefficient (Wildman–Crippen LogP) is 1.90. The van der Waals surface area contributed by atoms with Crippen LogP contribution in [0.3, 0.4) is 0 Å². The second kappa shape index (κ2) is 7.79. The normalized spacial score (nSPS) is 14.4. The number of carboxylic acids is 1. The van der Waals surface area contributed by atoms with E-state index in [1.807, 2.05) is 25.1 Å². The molecule has 1 saturated heterocycles. The number of nitrogens with zero attached hydrogens (tertiary/aromatic N) is 2. The average molecular weight is 372 g/mol. The lowest BCUT2D eigenvalue weighted by Crippen LogP contribution is -2.49. The molecule has 1 aliphatic heterocycles. The van der Waals surface area contributed by atoms with Gasteiger partial charge < -0.3 is 19.7 Å². The first-order valence-electron chi connectivity index (χ1n) is 8.54. The first-order chi connectivity index (χ1) is 12.5. The molecule has 0 saturated carbocycles. The van der Waals surface area contributed by atoms with Gasteiger partial charge in [0.1, 0.15) is 0 Å². The SMILES string of the molecule is Cc1ccc(Cl)cc1N1CCN(C(=O)c2ccccc2CC(=O)[O-])CC1. The van der Waals surface area contributed by atoms with Crippen LogP contribution in [0.2, 0.25) is 5.02 Å². The third-order valence-electron chi connectivity index (χ3n) is 4.66. The molecule has 1 aliphatic rings. The van der Waals surface area contributed by atoms with E-state index in [0.29, 0.717) is 42.3 Å². The number of hydrogen-bond acceptors (Lipinski definition) is 4. The molecule has 3 rings (SSSR count). The Balaban J connectivity index is 1.71. The van der Waals surface area contributed by atoms with Crippen LogP contribution in [0.15, 0.2) is 42.5 Å². The van der Waals surface area contributed by atoms with Crippen molar-refractivity contribution in [1.82, 2.24) is 4.90 Å². The van der Waals surface area contributed by atoms with Crippen molar-refractivity contribution in [3.63, 3.8) is 0 Å². The van der Waals surface area contributed by atoms with Crippen molar-refractivity contribution in [2.24, 2.45) is 0 Å². The van der Waals surface area contributed by atoms with Gasteiger partial charge in [-0.05, 0) is 36.2 Å². The number of rotatable bonds is 4. The van der Waals surface area contributed by atoms with Crippen molar-refractivity contribution in [3.8, 4) is 0 Å². The number of amides is 1. The zero-order chi connectivity index (χ0) is 18.7. The molecular formula is C20H20ClN2O3-. The van der Waals surface area contributed by atoms with Crippen LogP contribution in [0.4, 0.5) is 5.69 Å². The highest BCUT2D eigenvalue weighted by atomic mass is 35.5. The minimum absolute atomic E-state index is 0.135. The summed E-state index contributed by atoms with van der Waals surface area (Å²) < 4.78 is 0. The first-order valence-corrected chi connectivity index (χ1v) is 8.91. The highest BCUT2D eigenvalue weighted by molar-refractivity contribution is 6.30. The van der Waals surface area contributed by atoms with E-state index >= 15 is 0 Å². The quantitative estimate of drug-likeness (QED) is 0.823. The van der Waals surface area contributed by atoms with Gasteiger partial charge in [0.2, 0.25) is 0 Å². The summed E-state index contributed by atoms with van der Waals surface area (Å²) in [6.45, 7) is 4.60. The van der Waals surface area contributed by atoms with Crippen LogP contribution in [0.5, 0.6) is 0 Å². The number of aryl methyl sites for hydroxylation is 1. The fraction of sp³-hybridized carbons (Fsp3) is 0.300. The van der Waals surface area contributed by atoms with Gasteiger partial charge in [0, 0.05) is 54.8 Å². The van der Waals surface area contributed by atoms with Crippen LogP contribution >= 0.6 is 11.6 Å². The Bertz CT molecular complexity index is 830. The molecule has 0 radical (unpaired) electrons. The molecule has 136 valence electrons. The summed E-state index contributed by atoms with van der Waals surface area (Å²) in [6.07, 6.45) is -0.260. The van der Waals surface area contributed by atoms with Crippen LogP contribution in [-0.4, -0.2) is 43.0 Å². The third-order valence-corrected chi connectivity index (χ3v) is 4.90. The molecule has 6 heteroatoms. The summed E-state index contributed by atoms with van der Waals surface area (Å²) in [7, 11) is 0. The molecule has 0 bridgehead atoms. The van der Waals surface area contributed by atoms with E-state index in [1.165, 1.54) is 0 Å². The lowest BCUT2D eigenvalue weighted by atomic mass is 10.0. The second-order valence-corrected chi connectivity index (χ2v) is 6.85. The topological polar surface area (TPSA) is 63.7 Å². The number of benzene rings is 2. The van der Waals surface area contributed by atoms with E-state index in [9.17, 15) is 14.7 Å². The maximum atomic E-state index is 12.8. The molecular weight excluding hydrogens is 352 g/mol. The van der Waals surface area contributed by atoms with Crippen LogP contribution in [0, 0.1) is 6.92 Å². The van der Waals surface area contributed by atoms with Crippen LogP contribution in [0.25, 0.3) is 0 Å². The van der Waals surface area contributed by atoms with Gasteiger partial charge in [0.15, 0.2) is 0 Å². The van der Waals surface area contributed by atoms with Gasteiger partial charge >= 0.3 is 0 Å². The molecule has 2 aromatic carbocycles. The Morgan fingerprint density at radius 2 is 1.77 bits per heavy atom. The molecule has 0 atom stereocenters. The van der Waals surface area contributed by atoms with Crippen molar-refractivity contribution in [1.29, 1.82) is 0 Å². The molecule has 0 N–H and O–H groups in total. The lowest BCUT2D eigenvalue weighted by Gasteiger charge is -2.37. The maximum absolute atomic E-state index is 12.8. The number of carboxylic acid groups (broad SMARTS) is 1. The Morgan fingerprint density at radius 3 is 2.46 bits per heavy atom. The Hall–Kier alpha value is -2.53. The number of carbonyl (C=O) groups is 2. The molecule has 0 unspecified atom stereocenters. The summed E-state index contributed by atoms with van der Waals surface area (Å²) in [5.74, 6) is -1.32. The fourth-order valence-corrected chi connectivity index (χ4v) is 3.45. The molecule has 2 aromatic rings. The zero-order valence-electron chi connectivity index (χ0n) is 14.6. The molecule has 0 aliphatic carbocycles. The van der Waals surface area contributed by atoms with Crippen LogP contribution < -0.4 is 10.0 Å². The number of aliphatic carboxylic acids is 1. The molecule has 0 spiro atoms. The van der Waals surface area contributed by atoms with Crippen LogP contribution in [-0.2, 0) is 11.2 Å². The fourth-order valence-electron chi connectivity index (χ4n) is 3.28. The van der Waals surface area contributed by atoms with Crippen molar-refractivity contribution in [2.75, 3.05) is 31.1 Å². The summed E-state index contributed by atoms with van der Waals surface area (Å²) in [5, 5.41) is 11.6. The van der Waals surface area contributed by atoms with Crippen molar-refractivity contribution < 1.29 is 14.7 Å². The van der Waals surface area contributed by atoms with Gasteiger partial charge in [-0.1, -0.05) is 35.9 Å². The standard InChI is InChI=1S/C20H21ClN2O3/c1-14-6-7-16(21)13-18(14)22-8-10-23(11-9-22)20(26)17-5-3-2-4-15(17)12-19(24)25/h2-7,13H,8-12H2,1H3,(H,24,25)/p-1. The second-order valence-electron chi connectivity index (χ2n) is 6.42. The molecule has 1 amide bonds. The van der Waals surface area contributed by atoms with Gasteiger partial charge in [0.25, 0.3) is 5.91 Å². The van der Waals surface area contributed by atoms with Gasteiger partial charge in [-0.25, -0.2) is 0 Å². The van der Waals surface area contributed by atoms with Crippen molar-refractivity contribution in [2.45, 2.75) is 13.3 Å². The number of piperazine rings is 1. The number of carbonyl (C=O) groups excluding carboxylic acids is 2. The molecule has 0 aromatic heterocycles. The Labute approximate surface area is 157 Å². The van der Waals surface area contributed by atoms with E-state index < -0.39 is 5.97 Å². The first kappa shape index (κ1) is 18.3. The minimum Gasteiger partial charge on any atom is -0.550 e. The smallest absolute Gasteiger partial charge is 0.254 e. The van der Waals surface area contributed by atoms with Gasteiger partial charge in [0.05, 0.1) is 0 Å². The third kappa shape index (κ3) is 3.99. The molecule has 5 nitrogen and oxygen atoms in total. The predicted molar refractivity (Wildman–Crippen MR) is 99.5 cm³/mol. The maximum Gasteiger partial charge on any atom is 0.254 e. The summed E-state index contributed by atoms with van der Waals surface area (Å²) >= 11 is 6.11. The average Bonchev–Trinajstić information content (AvgIpc) is 2.63. The van der Waals surface area contributed by atoms with Crippen molar-refractivity contribution >= 4 is 29.2 Å². The van der Waals surface area contributed by atoms with E-state index in [0.717, 1.165) is 11.3 Å². The van der Waals surface area contributed by atoms with Crippen molar-refractivity contribution in [3.05, 3.63) is 64.2 Å². The van der Waals surface area contributed by atoms with Gasteiger partial charge in [-0.3, -0.25) is 4.79 Å². The Kier molecular flexibility index (Phi) is 5.47. The lowest BCUT2D eigenvalue weighted by molar-refractivity contribution is -0.304. The molecule has 1 fully saturated rings. The summed E-state index contributed by atoms with van der Waals surface area (Å²) in [5.41, 5.74) is 3.16. The van der Waals surface area contributed by atoms with Gasteiger partial charge in [-0.15, -0.1) is 0 Å². The molecule has 26 heavy (non-hydrogen) atoms. The number of hydrogen-bond donors (Lipinski definition) is 0. The van der Waals surface area contributed by atoms with E-state index in [-0.39, 0.29) is 12.3 Å². The summed E-state index contributed by atoms with van der Waals surface area (Å²) in [6, 6.07) is 12.6. The highest BCUT2D eigenvalue weighted by Crippen LogP contribution is 2.25. The zero-order valence-corrected chi connectivity index (χ0v) is 15.3. The number of anilines is 1. The monoisotopic (exact) mass is 371 g/mol. The van der Waals surface area contributed by atoms with E-state index in [2.05, 4.69) is 4.90 Å². The molecule has 1 heterocycles. The van der Waals surface area contributed by atoms with E-state index in [1.54, 1.807) is 29.2 Å². The number of halogens is 1. The Morgan fingerprint density at radius 1 is 1.08 bits per heavy atom. The van der Waals surface area contributed by atoms with Crippen LogP contribution in [0.1, 0.15) is 21.5 Å². The summed E-state index contributed by atoms with van der Waals surface area (Å²) in [4.78, 5) is 27.8. The largest absolute Gasteiger partial charge is 0.550 e. The van der Waals surface area contributed by atoms with Gasteiger partial charge in [-0.2, -0.15) is 0 Å². The van der Waals surface area contributed by atoms with E-state index in [4.69, 9.17) is 11.6 Å². The minimum atomic E-state index is -1.19. The highest BCUT2D eigenvalue weighted by Gasteiger charge is 2.24.